The van der Waals surface area contributed by atoms with Crippen LogP contribution in [0.15, 0.2) is 53.4 Å². The maximum absolute atomic E-state index is 13.6. The van der Waals surface area contributed by atoms with Crippen LogP contribution >= 0.6 is 0 Å². The van der Waals surface area contributed by atoms with E-state index in [4.69, 9.17) is 0 Å². The molecule has 2 N–H and O–H groups in total. The van der Waals surface area contributed by atoms with Crippen LogP contribution in [0.4, 0.5) is 10.1 Å². The van der Waals surface area contributed by atoms with Crippen molar-refractivity contribution < 1.29 is 12.8 Å². The van der Waals surface area contributed by atoms with Crippen molar-refractivity contribution in [2.75, 3.05) is 11.9 Å². The second-order valence-electron chi connectivity index (χ2n) is 4.99. The first-order valence-electron chi connectivity index (χ1n) is 6.65. The summed E-state index contributed by atoms with van der Waals surface area (Å²) in [6.45, 7) is 0.477. The largest absolute Gasteiger partial charge is 0.383 e. The maximum atomic E-state index is 13.6. The van der Waals surface area contributed by atoms with Crippen LogP contribution in [0.1, 0.15) is 5.56 Å². The van der Waals surface area contributed by atoms with Gasteiger partial charge in [-0.2, -0.15) is 0 Å². The molecule has 1 aliphatic rings. The molecule has 1 unspecified atom stereocenters. The Labute approximate surface area is 123 Å². The lowest BCUT2D eigenvalue weighted by atomic mass is 10.0. The van der Waals surface area contributed by atoms with Crippen LogP contribution in [0.2, 0.25) is 0 Å². The van der Waals surface area contributed by atoms with E-state index >= 15 is 0 Å². The summed E-state index contributed by atoms with van der Waals surface area (Å²) in [5, 5.41) is 3.18. The van der Waals surface area contributed by atoms with Gasteiger partial charge in [-0.15, -0.1) is 0 Å². The van der Waals surface area contributed by atoms with E-state index in [9.17, 15) is 12.8 Å². The zero-order chi connectivity index (χ0) is 14.9. The van der Waals surface area contributed by atoms with E-state index in [1.54, 1.807) is 0 Å². The molecule has 0 radical (unpaired) electrons. The molecule has 21 heavy (non-hydrogen) atoms. The number of sulfonamides is 1. The second kappa shape index (κ2) is 5.46. The van der Waals surface area contributed by atoms with Crippen LogP contribution in [0.25, 0.3) is 0 Å². The molecule has 2 aromatic carbocycles. The van der Waals surface area contributed by atoms with Gasteiger partial charge in [-0.3, -0.25) is 0 Å². The van der Waals surface area contributed by atoms with Gasteiger partial charge in [0.15, 0.2) is 0 Å². The zero-order valence-electron chi connectivity index (χ0n) is 11.2. The number of hydrogen-bond acceptors (Lipinski definition) is 3. The molecule has 3 rings (SSSR count). The summed E-state index contributed by atoms with van der Waals surface area (Å²) in [4.78, 5) is -0.316. The molecule has 0 aliphatic carbocycles. The van der Waals surface area contributed by atoms with Gasteiger partial charge >= 0.3 is 0 Å². The highest BCUT2D eigenvalue weighted by atomic mass is 32.2. The average Bonchev–Trinajstić information content (AvgIpc) is 2.47. The summed E-state index contributed by atoms with van der Waals surface area (Å²) in [5.41, 5.74) is 2.06. The molecule has 0 saturated carbocycles. The number of hydrogen-bond donors (Lipinski definition) is 2. The Hall–Kier alpha value is -1.92. The smallest absolute Gasteiger partial charge is 0.243 e. The normalized spacial score (nSPS) is 17.9. The molecule has 0 spiro atoms. The van der Waals surface area contributed by atoms with E-state index in [2.05, 4.69) is 10.0 Å². The van der Waals surface area contributed by atoms with Crippen molar-refractivity contribution in [3.05, 3.63) is 59.9 Å². The molecule has 0 amide bonds. The van der Waals surface area contributed by atoms with Crippen molar-refractivity contribution in [3.63, 3.8) is 0 Å². The molecule has 6 heteroatoms. The predicted octanol–water partition coefficient (Wildman–Crippen LogP) is 2.14. The number of halogens is 1. The highest BCUT2D eigenvalue weighted by Crippen LogP contribution is 2.22. The lowest BCUT2D eigenvalue weighted by Gasteiger charge is -2.26. The van der Waals surface area contributed by atoms with Crippen molar-refractivity contribution in [2.24, 2.45) is 0 Å². The molecule has 4 nitrogen and oxygen atoms in total. The van der Waals surface area contributed by atoms with Gasteiger partial charge in [0.25, 0.3) is 0 Å². The quantitative estimate of drug-likeness (QED) is 0.913. The van der Waals surface area contributed by atoms with E-state index in [-0.39, 0.29) is 10.9 Å². The lowest BCUT2D eigenvalue weighted by Crippen LogP contribution is -2.43. The van der Waals surface area contributed by atoms with Gasteiger partial charge in [0.05, 0.1) is 0 Å². The molecular formula is C15H15FN2O2S. The Balaban J connectivity index is 1.80. The van der Waals surface area contributed by atoms with Crippen molar-refractivity contribution in [2.45, 2.75) is 17.4 Å². The van der Waals surface area contributed by atoms with Crippen LogP contribution in [0.5, 0.6) is 0 Å². The Morgan fingerprint density at radius 1 is 1.10 bits per heavy atom. The van der Waals surface area contributed by atoms with Crippen molar-refractivity contribution >= 4 is 15.7 Å². The Bertz CT molecular complexity index is 762. The number of para-hydroxylation sites is 1. The highest BCUT2D eigenvalue weighted by Gasteiger charge is 2.25. The van der Waals surface area contributed by atoms with Crippen LogP contribution in [-0.4, -0.2) is 21.0 Å². The second-order valence-corrected chi connectivity index (χ2v) is 6.67. The Morgan fingerprint density at radius 3 is 2.62 bits per heavy atom. The molecule has 0 saturated heterocycles. The summed E-state index contributed by atoms with van der Waals surface area (Å²) >= 11 is 0. The predicted molar refractivity (Wildman–Crippen MR) is 79.1 cm³/mol. The number of nitrogens with one attached hydrogen (secondary N) is 2. The molecule has 110 valence electrons. The Kier molecular flexibility index (Phi) is 3.65. The third-order valence-electron chi connectivity index (χ3n) is 3.47. The number of rotatable bonds is 3. The fourth-order valence-electron chi connectivity index (χ4n) is 2.47. The molecule has 1 heterocycles. The van der Waals surface area contributed by atoms with Crippen molar-refractivity contribution in [3.8, 4) is 0 Å². The first-order chi connectivity index (χ1) is 10.1. The van der Waals surface area contributed by atoms with Gasteiger partial charge in [-0.25, -0.2) is 17.5 Å². The van der Waals surface area contributed by atoms with Crippen LogP contribution < -0.4 is 10.0 Å². The molecule has 2 aromatic rings. The third-order valence-corrected chi connectivity index (χ3v) is 5.02. The van der Waals surface area contributed by atoms with E-state index in [1.807, 2.05) is 24.3 Å². The zero-order valence-corrected chi connectivity index (χ0v) is 12.0. The molecule has 0 fully saturated rings. The molecule has 0 bridgehead atoms. The third kappa shape index (κ3) is 2.91. The number of anilines is 1. The van der Waals surface area contributed by atoms with Crippen LogP contribution in [0.3, 0.4) is 0 Å². The van der Waals surface area contributed by atoms with Gasteiger partial charge < -0.3 is 5.32 Å². The first-order valence-corrected chi connectivity index (χ1v) is 8.13. The summed E-state index contributed by atoms with van der Waals surface area (Å²) in [6, 6.07) is 12.8. The summed E-state index contributed by atoms with van der Waals surface area (Å²) in [5.74, 6) is -0.742. The fourth-order valence-corrected chi connectivity index (χ4v) is 3.79. The molecule has 1 aliphatic heterocycles. The Morgan fingerprint density at radius 2 is 1.81 bits per heavy atom. The highest BCUT2D eigenvalue weighted by molar-refractivity contribution is 7.89. The molecule has 1 atom stereocenters. The van der Waals surface area contributed by atoms with Gasteiger partial charge in [0.2, 0.25) is 10.0 Å². The van der Waals surface area contributed by atoms with Gasteiger partial charge in [-0.1, -0.05) is 30.3 Å². The standard InChI is InChI=1S/C15H15FN2O2S/c16-13-6-2-4-8-15(13)21(19,20)18-12-9-11-5-1-3-7-14(11)17-10-12/h1-8,12,17-18H,9-10H2. The minimum atomic E-state index is -3.86. The minimum Gasteiger partial charge on any atom is -0.383 e. The van der Waals surface area contributed by atoms with Gasteiger partial charge in [0, 0.05) is 18.3 Å². The van der Waals surface area contributed by atoms with E-state index < -0.39 is 15.8 Å². The van der Waals surface area contributed by atoms with Gasteiger partial charge in [-0.05, 0) is 30.2 Å². The number of benzene rings is 2. The van der Waals surface area contributed by atoms with Crippen LogP contribution in [0, 0.1) is 5.82 Å². The van der Waals surface area contributed by atoms with E-state index in [1.165, 1.54) is 18.2 Å². The number of fused-ring (bicyclic) bond motifs is 1. The molecule has 0 aromatic heterocycles. The van der Waals surface area contributed by atoms with Crippen molar-refractivity contribution in [1.29, 1.82) is 0 Å². The summed E-state index contributed by atoms with van der Waals surface area (Å²) in [7, 11) is -3.86. The van der Waals surface area contributed by atoms with Gasteiger partial charge in [0.1, 0.15) is 10.7 Å². The summed E-state index contributed by atoms with van der Waals surface area (Å²) in [6.07, 6.45) is 0.580. The fraction of sp³-hybridized carbons (Fsp3) is 0.200. The SMILES string of the molecule is O=S(=O)(NC1CNc2ccccc2C1)c1ccccc1F. The lowest BCUT2D eigenvalue weighted by molar-refractivity contribution is 0.534. The van der Waals surface area contributed by atoms with Crippen molar-refractivity contribution in [1.82, 2.24) is 4.72 Å². The summed E-state index contributed by atoms with van der Waals surface area (Å²) < 4.78 is 40.7. The molecular weight excluding hydrogens is 291 g/mol. The average molecular weight is 306 g/mol. The minimum absolute atomic E-state index is 0.301. The topological polar surface area (TPSA) is 58.2 Å². The van der Waals surface area contributed by atoms with E-state index in [0.717, 1.165) is 17.3 Å². The first kappa shape index (κ1) is 14.0. The van der Waals surface area contributed by atoms with Crippen LogP contribution in [-0.2, 0) is 16.4 Å². The van der Waals surface area contributed by atoms with E-state index in [0.29, 0.717) is 13.0 Å². The monoisotopic (exact) mass is 306 g/mol. The maximum Gasteiger partial charge on any atom is 0.243 e.